The second kappa shape index (κ2) is 10.00. The van der Waals surface area contributed by atoms with Gasteiger partial charge in [-0.2, -0.15) is 0 Å². The standard InChI is InChI=1S/C19H35N3O3/c1-3-22(13-18(23)24)17-11-16(12-17)21-19(25)20-14(2)9-10-15-7-5-4-6-8-15/h14-17H,3-13H2,1-2H3,(H,23,24)(H2,20,21,25). The van der Waals surface area contributed by atoms with Crippen molar-refractivity contribution < 1.29 is 14.7 Å². The van der Waals surface area contributed by atoms with Gasteiger partial charge in [0.2, 0.25) is 0 Å². The number of rotatable bonds is 9. The number of hydrogen-bond donors (Lipinski definition) is 3. The molecule has 144 valence electrons. The molecule has 0 aliphatic heterocycles. The van der Waals surface area contributed by atoms with Gasteiger partial charge in [0.1, 0.15) is 0 Å². The highest BCUT2D eigenvalue weighted by atomic mass is 16.4. The number of likely N-dealkylation sites (N-methyl/N-ethyl adjacent to an activating group) is 1. The molecule has 0 bridgehead atoms. The van der Waals surface area contributed by atoms with E-state index in [4.69, 9.17) is 5.11 Å². The Morgan fingerprint density at radius 1 is 1.20 bits per heavy atom. The van der Waals surface area contributed by atoms with E-state index in [2.05, 4.69) is 17.6 Å². The lowest BCUT2D eigenvalue weighted by molar-refractivity contribution is -0.139. The van der Waals surface area contributed by atoms with Crippen LogP contribution in [0, 0.1) is 5.92 Å². The molecule has 0 heterocycles. The second-order valence-electron chi connectivity index (χ2n) is 7.88. The number of urea groups is 1. The summed E-state index contributed by atoms with van der Waals surface area (Å²) in [6.07, 6.45) is 10.8. The third kappa shape index (κ3) is 6.84. The molecule has 0 aromatic heterocycles. The molecule has 1 unspecified atom stereocenters. The summed E-state index contributed by atoms with van der Waals surface area (Å²) in [5.41, 5.74) is 0. The van der Waals surface area contributed by atoms with Gasteiger partial charge in [-0.15, -0.1) is 0 Å². The molecule has 6 heteroatoms. The molecule has 2 rings (SSSR count). The lowest BCUT2D eigenvalue weighted by Gasteiger charge is -2.42. The number of aliphatic carboxylic acids is 1. The van der Waals surface area contributed by atoms with E-state index in [9.17, 15) is 9.59 Å². The summed E-state index contributed by atoms with van der Waals surface area (Å²) in [7, 11) is 0. The molecule has 2 fully saturated rings. The van der Waals surface area contributed by atoms with Gasteiger partial charge in [-0.25, -0.2) is 4.79 Å². The molecule has 2 saturated carbocycles. The van der Waals surface area contributed by atoms with Crippen molar-refractivity contribution in [3.8, 4) is 0 Å². The quantitative estimate of drug-likeness (QED) is 0.595. The van der Waals surface area contributed by atoms with Crippen molar-refractivity contribution in [1.29, 1.82) is 0 Å². The van der Waals surface area contributed by atoms with E-state index in [0.29, 0.717) is 0 Å². The molecule has 0 aromatic rings. The first kappa shape index (κ1) is 20.0. The van der Waals surface area contributed by atoms with E-state index < -0.39 is 5.97 Å². The molecule has 6 nitrogen and oxygen atoms in total. The Kier molecular flexibility index (Phi) is 8.00. The molecule has 0 aromatic carbocycles. The fraction of sp³-hybridized carbons (Fsp3) is 0.895. The number of carboxylic acids is 1. The lowest BCUT2D eigenvalue weighted by atomic mass is 9.85. The Bertz CT molecular complexity index is 432. The van der Waals surface area contributed by atoms with Crippen LogP contribution in [0.25, 0.3) is 0 Å². The maximum atomic E-state index is 12.1. The SMILES string of the molecule is CCN(CC(=O)O)C1CC(NC(=O)NC(C)CCC2CCCCC2)C1. The van der Waals surface area contributed by atoms with Gasteiger partial charge in [-0.05, 0) is 45.1 Å². The average molecular weight is 354 g/mol. The van der Waals surface area contributed by atoms with Gasteiger partial charge in [0, 0.05) is 18.1 Å². The molecule has 1 atom stereocenters. The monoisotopic (exact) mass is 353 g/mol. The smallest absolute Gasteiger partial charge is 0.317 e. The first-order chi connectivity index (χ1) is 12.0. The molecule has 0 saturated heterocycles. The summed E-state index contributed by atoms with van der Waals surface area (Å²) in [4.78, 5) is 24.9. The van der Waals surface area contributed by atoms with Crippen molar-refractivity contribution in [2.45, 2.75) is 89.8 Å². The summed E-state index contributed by atoms with van der Waals surface area (Å²) in [5.74, 6) is 0.0607. The lowest BCUT2D eigenvalue weighted by Crippen LogP contribution is -2.57. The van der Waals surface area contributed by atoms with Crippen molar-refractivity contribution in [3.05, 3.63) is 0 Å². The van der Waals surface area contributed by atoms with E-state index in [1.165, 1.54) is 38.5 Å². The minimum absolute atomic E-state index is 0.0816. The minimum atomic E-state index is -0.789. The molecule has 3 N–H and O–H groups in total. The zero-order valence-corrected chi connectivity index (χ0v) is 15.8. The number of hydrogen-bond acceptors (Lipinski definition) is 3. The first-order valence-electron chi connectivity index (χ1n) is 10.0. The van der Waals surface area contributed by atoms with Crippen LogP contribution in [0.4, 0.5) is 4.79 Å². The summed E-state index contributed by atoms with van der Waals surface area (Å²) >= 11 is 0. The number of carbonyl (C=O) groups is 2. The second-order valence-corrected chi connectivity index (χ2v) is 7.88. The molecule has 2 amide bonds. The molecule has 25 heavy (non-hydrogen) atoms. The van der Waals surface area contributed by atoms with E-state index in [1.54, 1.807) is 0 Å². The van der Waals surface area contributed by atoms with Gasteiger partial charge in [0.15, 0.2) is 0 Å². The highest BCUT2D eigenvalue weighted by Gasteiger charge is 2.34. The van der Waals surface area contributed by atoms with Crippen LogP contribution >= 0.6 is 0 Å². The number of nitrogens with zero attached hydrogens (tertiary/aromatic N) is 1. The summed E-state index contributed by atoms with van der Waals surface area (Å²) in [6, 6.07) is 0.561. The molecule has 0 radical (unpaired) electrons. The Labute approximate surface area is 151 Å². The number of amides is 2. The van der Waals surface area contributed by atoms with Crippen LogP contribution < -0.4 is 10.6 Å². The van der Waals surface area contributed by atoms with Crippen molar-refractivity contribution in [2.24, 2.45) is 5.92 Å². The molecule has 0 spiro atoms. The normalized spacial score (nSPS) is 25.2. The molecular formula is C19H35N3O3. The zero-order chi connectivity index (χ0) is 18.2. The van der Waals surface area contributed by atoms with Crippen molar-refractivity contribution in [2.75, 3.05) is 13.1 Å². The fourth-order valence-electron chi connectivity index (χ4n) is 4.16. The number of carboxylic acid groups (broad SMARTS) is 1. The van der Waals surface area contributed by atoms with Crippen molar-refractivity contribution in [3.63, 3.8) is 0 Å². The average Bonchev–Trinajstić information content (AvgIpc) is 2.55. The fourth-order valence-corrected chi connectivity index (χ4v) is 4.16. The van der Waals surface area contributed by atoms with Gasteiger partial charge >= 0.3 is 12.0 Å². The highest BCUT2D eigenvalue weighted by Crippen LogP contribution is 2.28. The third-order valence-corrected chi connectivity index (χ3v) is 5.82. The minimum Gasteiger partial charge on any atom is -0.480 e. The van der Waals surface area contributed by atoms with Crippen LogP contribution in [-0.2, 0) is 4.79 Å². The van der Waals surface area contributed by atoms with E-state index >= 15 is 0 Å². The Hall–Kier alpha value is -1.30. The van der Waals surface area contributed by atoms with Crippen LogP contribution in [-0.4, -0.2) is 53.2 Å². The third-order valence-electron chi connectivity index (χ3n) is 5.82. The van der Waals surface area contributed by atoms with Gasteiger partial charge in [-0.3, -0.25) is 9.69 Å². The van der Waals surface area contributed by atoms with Crippen LogP contribution in [0.2, 0.25) is 0 Å². The zero-order valence-electron chi connectivity index (χ0n) is 15.8. The predicted molar refractivity (Wildman–Crippen MR) is 98.6 cm³/mol. The van der Waals surface area contributed by atoms with E-state index in [1.807, 2.05) is 11.8 Å². The van der Waals surface area contributed by atoms with Crippen molar-refractivity contribution >= 4 is 12.0 Å². The molecule has 2 aliphatic carbocycles. The van der Waals surface area contributed by atoms with Gasteiger partial charge in [0.05, 0.1) is 6.54 Å². The van der Waals surface area contributed by atoms with Crippen LogP contribution in [0.15, 0.2) is 0 Å². The van der Waals surface area contributed by atoms with E-state index in [-0.39, 0.29) is 30.7 Å². The van der Waals surface area contributed by atoms with Gasteiger partial charge < -0.3 is 15.7 Å². The topological polar surface area (TPSA) is 81.7 Å². The first-order valence-corrected chi connectivity index (χ1v) is 10.0. The summed E-state index contributed by atoms with van der Waals surface area (Å²) in [6.45, 7) is 4.87. The Balaban J connectivity index is 1.58. The maximum Gasteiger partial charge on any atom is 0.317 e. The van der Waals surface area contributed by atoms with Crippen LogP contribution in [0.1, 0.15) is 71.6 Å². The Morgan fingerprint density at radius 3 is 2.48 bits per heavy atom. The summed E-state index contributed by atoms with van der Waals surface area (Å²) < 4.78 is 0. The highest BCUT2D eigenvalue weighted by molar-refractivity contribution is 5.74. The predicted octanol–water partition coefficient (Wildman–Crippen LogP) is 2.97. The molecule has 2 aliphatic rings. The molecular weight excluding hydrogens is 318 g/mol. The number of nitrogens with one attached hydrogen (secondary N) is 2. The van der Waals surface area contributed by atoms with Gasteiger partial charge in [-0.1, -0.05) is 39.0 Å². The largest absolute Gasteiger partial charge is 0.480 e. The number of carbonyl (C=O) groups excluding carboxylic acids is 1. The summed E-state index contributed by atoms with van der Waals surface area (Å²) in [5, 5.41) is 15.0. The van der Waals surface area contributed by atoms with Gasteiger partial charge in [0.25, 0.3) is 0 Å². The Morgan fingerprint density at radius 2 is 1.88 bits per heavy atom. The van der Waals surface area contributed by atoms with Crippen molar-refractivity contribution in [1.82, 2.24) is 15.5 Å². The van der Waals surface area contributed by atoms with Crippen LogP contribution in [0.3, 0.4) is 0 Å². The van der Waals surface area contributed by atoms with Crippen LogP contribution in [0.5, 0.6) is 0 Å². The van der Waals surface area contributed by atoms with E-state index in [0.717, 1.165) is 31.7 Å². The maximum absolute atomic E-state index is 12.1.